The van der Waals surface area contributed by atoms with Crippen LogP contribution in [0.4, 0.5) is 9.18 Å². The van der Waals surface area contributed by atoms with Gasteiger partial charge >= 0.3 is 20.2 Å². The van der Waals surface area contributed by atoms with E-state index in [2.05, 4.69) is 20.7 Å². The van der Waals surface area contributed by atoms with Crippen molar-refractivity contribution in [2.24, 2.45) is 16.5 Å². The molecule has 15 heteroatoms. The smallest absolute Gasteiger partial charge is 0.346 e. The van der Waals surface area contributed by atoms with E-state index >= 15 is 4.39 Å². The van der Waals surface area contributed by atoms with Crippen LogP contribution in [0.2, 0.25) is 0 Å². The number of amides is 2. The first-order valence-electron chi connectivity index (χ1n) is 11.2. The summed E-state index contributed by atoms with van der Waals surface area (Å²) in [5.74, 6) is 4.77. The Bertz CT molecular complexity index is 1040. The van der Waals surface area contributed by atoms with Crippen LogP contribution in [0.15, 0.2) is 45.8 Å². The number of nitrogens with zero attached hydrogens (tertiary/aromatic N) is 3. The summed E-state index contributed by atoms with van der Waals surface area (Å²) in [4.78, 5) is 38.4. The Morgan fingerprint density at radius 2 is 2.05 bits per heavy atom. The Labute approximate surface area is 222 Å². The van der Waals surface area contributed by atoms with Crippen LogP contribution in [0.1, 0.15) is 20.8 Å². The first-order valence-corrected chi connectivity index (χ1v) is 13.2. The molecule has 2 heterocycles. The van der Waals surface area contributed by atoms with E-state index in [0.717, 1.165) is 21.3 Å². The van der Waals surface area contributed by atoms with Gasteiger partial charge in [-0.15, -0.1) is 4.52 Å². The molecule has 0 saturated carbocycles. The van der Waals surface area contributed by atoms with E-state index in [4.69, 9.17) is 24.6 Å². The van der Waals surface area contributed by atoms with Crippen LogP contribution in [-0.4, -0.2) is 77.1 Å². The number of carbonyl (C=O) groups is 2. The summed E-state index contributed by atoms with van der Waals surface area (Å²) in [5.41, 5.74) is -2.51. The van der Waals surface area contributed by atoms with Gasteiger partial charge in [0.15, 0.2) is 24.0 Å². The Kier molecular flexibility index (Phi) is 9.62. The molecule has 2 amide bonds. The molecule has 7 atom stereocenters. The normalized spacial score (nSPS) is 28.0. The molecule has 2 aliphatic heterocycles. The number of urea groups is 1. The summed E-state index contributed by atoms with van der Waals surface area (Å²) >= 11 is 3.30. The number of carbonyl (C=O) groups excluding carboxylic acids is 2. The standard InChI is InChI=1S/C22H29BrFN4O8P/c1-12(2)15(18(30)33-4)26-37(32)36-19(34-14-8-6-13(23)7-9-14)16-17(29)22(3,24)20(35-16)27-10-5-11-28(25)21(27)31/h5-10,12,15-17,19-20,29H,11,25H2,1-4H3/t15?,16-,17-,19?,20-,22-/m1/s1. The SMILES string of the molecule is COC(=O)C(/N=[P+](\[O-])OC(Oc1ccc(Br)cc1)[C@@H]1O[C@@H](N2C=CCN(N)C2=O)[C@](C)(F)[C@@H]1O)C(C)C. The van der Waals surface area contributed by atoms with Gasteiger partial charge in [0.25, 0.3) is 6.29 Å². The second-order valence-electron chi connectivity index (χ2n) is 8.89. The minimum atomic E-state index is -2.94. The number of benzene rings is 1. The molecule has 0 aromatic heterocycles. The lowest BCUT2D eigenvalue weighted by molar-refractivity contribution is -0.206. The zero-order valence-electron chi connectivity index (χ0n) is 20.6. The molecule has 2 aliphatic rings. The van der Waals surface area contributed by atoms with Crippen molar-refractivity contribution < 1.29 is 42.7 Å². The van der Waals surface area contributed by atoms with Crippen molar-refractivity contribution in [3.8, 4) is 5.75 Å². The van der Waals surface area contributed by atoms with Crippen molar-refractivity contribution in [1.82, 2.24) is 9.91 Å². The number of hydrazine groups is 1. The Balaban J connectivity index is 1.93. The number of rotatable bonds is 9. The van der Waals surface area contributed by atoms with Crippen molar-refractivity contribution in [2.75, 3.05) is 13.7 Å². The lowest BCUT2D eigenvalue weighted by atomic mass is 9.97. The molecule has 12 nitrogen and oxygen atoms in total. The maximum atomic E-state index is 15.8. The van der Waals surface area contributed by atoms with Gasteiger partial charge in [0.1, 0.15) is 11.9 Å². The van der Waals surface area contributed by atoms with Crippen LogP contribution in [0.5, 0.6) is 5.75 Å². The minimum Gasteiger partial charge on any atom is -0.583 e. The molecule has 0 radical (unpaired) electrons. The molecule has 37 heavy (non-hydrogen) atoms. The number of ether oxygens (including phenoxy) is 3. The predicted molar refractivity (Wildman–Crippen MR) is 131 cm³/mol. The predicted octanol–water partition coefficient (Wildman–Crippen LogP) is 2.16. The molecule has 1 saturated heterocycles. The van der Waals surface area contributed by atoms with Crippen molar-refractivity contribution in [3.63, 3.8) is 0 Å². The fourth-order valence-corrected chi connectivity index (χ4v) is 4.93. The lowest BCUT2D eigenvalue weighted by Crippen LogP contribution is -2.56. The van der Waals surface area contributed by atoms with E-state index in [1.54, 1.807) is 38.1 Å². The molecule has 1 aromatic rings. The summed E-state index contributed by atoms with van der Waals surface area (Å²) in [6, 6.07) is 4.55. The third-order valence-electron chi connectivity index (χ3n) is 5.77. The average molecular weight is 607 g/mol. The number of hydrogen-bond acceptors (Lipinski definition) is 10. The fraction of sp³-hybridized carbons (Fsp3) is 0.545. The third-order valence-corrected chi connectivity index (χ3v) is 7.12. The monoisotopic (exact) mass is 606 g/mol. The molecule has 204 valence electrons. The van der Waals surface area contributed by atoms with Crippen molar-refractivity contribution in [3.05, 3.63) is 41.0 Å². The molecule has 3 N–H and O–H groups in total. The maximum Gasteiger partial charge on any atom is 0.346 e. The van der Waals surface area contributed by atoms with Gasteiger partial charge in [-0.2, -0.15) is 0 Å². The fourth-order valence-electron chi connectivity index (χ4n) is 3.70. The van der Waals surface area contributed by atoms with Crippen LogP contribution in [0.25, 0.3) is 0 Å². The largest absolute Gasteiger partial charge is 0.583 e. The quantitative estimate of drug-likeness (QED) is 0.141. The van der Waals surface area contributed by atoms with Gasteiger partial charge in [-0.3, -0.25) is 9.91 Å². The van der Waals surface area contributed by atoms with Crippen molar-refractivity contribution in [2.45, 2.75) is 57.2 Å². The summed E-state index contributed by atoms with van der Waals surface area (Å²) < 4.78 is 42.2. The van der Waals surface area contributed by atoms with Gasteiger partial charge < -0.3 is 24.2 Å². The van der Waals surface area contributed by atoms with Crippen LogP contribution >= 0.6 is 24.1 Å². The highest BCUT2D eigenvalue weighted by Crippen LogP contribution is 2.41. The summed E-state index contributed by atoms with van der Waals surface area (Å²) in [7, 11) is -1.77. The van der Waals surface area contributed by atoms with E-state index in [1.807, 2.05) is 0 Å². The number of halogens is 2. The maximum absolute atomic E-state index is 15.8. The van der Waals surface area contributed by atoms with Gasteiger partial charge in [0, 0.05) is 10.7 Å². The molecule has 3 rings (SSSR count). The number of aliphatic hydroxyl groups is 1. The summed E-state index contributed by atoms with van der Waals surface area (Å²) in [6.45, 7) is 4.51. The molecule has 0 spiro atoms. The molecule has 1 fully saturated rings. The topological polar surface area (TPSA) is 159 Å². The van der Waals surface area contributed by atoms with E-state index in [9.17, 15) is 19.6 Å². The highest BCUT2D eigenvalue weighted by Gasteiger charge is 2.61. The molecule has 0 aliphatic carbocycles. The molecule has 1 aromatic carbocycles. The average Bonchev–Trinajstić information content (AvgIpc) is 3.08. The Hall–Kier alpha value is -2.19. The number of alkyl halides is 1. The van der Waals surface area contributed by atoms with E-state index in [-0.39, 0.29) is 18.2 Å². The molecular weight excluding hydrogens is 578 g/mol. The second-order valence-corrected chi connectivity index (χ2v) is 10.7. The number of hydrogen-bond donors (Lipinski definition) is 2. The van der Waals surface area contributed by atoms with Crippen LogP contribution in [-0.2, 0) is 18.8 Å². The zero-order valence-corrected chi connectivity index (χ0v) is 23.0. The summed E-state index contributed by atoms with van der Waals surface area (Å²) in [6.07, 6.45) is -3.92. The summed E-state index contributed by atoms with van der Waals surface area (Å²) in [5, 5.41) is 11.7. The zero-order chi connectivity index (χ0) is 27.5. The van der Waals surface area contributed by atoms with Gasteiger partial charge in [-0.25, -0.2) is 19.8 Å². The molecule has 3 unspecified atom stereocenters. The van der Waals surface area contributed by atoms with Gasteiger partial charge in [0.2, 0.25) is 0 Å². The number of esters is 1. The minimum absolute atomic E-state index is 0.106. The highest BCUT2D eigenvalue weighted by molar-refractivity contribution is 9.10. The molecule has 0 bridgehead atoms. The lowest BCUT2D eigenvalue weighted by Gasteiger charge is -2.35. The first-order chi connectivity index (χ1) is 17.4. The Morgan fingerprint density at radius 1 is 1.41 bits per heavy atom. The van der Waals surface area contributed by atoms with Crippen LogP contribution in [0.3, 0.4) is 0 Å². The van der Waals surface area contributed by atoms with E-state index in [0.29, 0.717) is 0 Å². The first kappa shape index (κ1) is 29.4. The van der Waals surface area contributed by atoms with Crippen LogP contribution in [0, 0.1) is 5.92 Å². The third kappa shape index (κ3) is 6.63. The molecular formula is C22H29BrFN4O8P. The van der Waals surface area contributed by atoms with E-state index < -0.39 is 56.6 Å². The number of aliphatic hydroxyl groups excluding tert-OH is 1. The van der Waals surface area contributed by atoms with Gasteiger partial charge in [-0.05, 0) is 43.2 Å². The van der Waals surface area contributed by atoms with E-state index in [1.165, 1.54) is 19.4 Å². The Morgan fingerprint density at radius 3 is 2.65 bits per heavy atom. The van der Waals surface area contributed by atoms with Crippen molar-refractivity contribution in [1.29, 1.82) is 0 Å². The van der Waals surface area contributed by atoms with Crippen molar-refractivity contribution >= 4 is 36.1 Å². The number of methoxy groups -OCH3 is 1. The van der Waals surface area contributed by atoms with Gasteiger partial charge in [0.05, 0.1) is 13.7 Å². The number of nitrogens with two attached hydrogens (primary N) is 1. The van der Waals surface area contributed by atoms with Gasteiger partial charge in [-0.1, -0.05) is 34.5 Å². The van der Waals surface area contributed by atoms with Crippen LogP contribution < -0.4 is 15.5 Å². The second kappa shape index (κ2) is 12.1. The highest BCUT2D eigenvalue weighted by atomic mass is 79.9.